The van der Waals surface area contributed by atoms with Crippen LogP contribution in [-0.4, -0.2) is 41.3 Å². The minimum atomic E-state index is -0.117. The summed E-state index contributed by atoms with van der Waals surface area (Å²) in [5, 5.41) is 10.2. The van der Waals surface area contributed by atoms with Crippen LogP contribution in [0.4, 0.5) is 0 Å². The van der Waals surface area contributed by atoms with E-state index in [1.165, 1.54) is 18.4 Å². The highest BCUT2D eigenvalue weighted by Crippen LogP contribution is 2.27. The number of nitrogens with zero attached hydrogens (tertiary/aromatic N) is 1. The Morgan fingerprint density at radius 2 is 1.67 bits per heavy atom. The summed E-state index contributed by atoms with van der Waals surface area (Å²) in [6, 6.07) is 8.71. The zero-order valence-corrected chi connectivity index (χ0v) is 13.0. The lowest BCUT2D eigenvalue weighted by Gasteiger charge is -2.41. The quantitative estimate of drug-likeness (QED) is 0.928. The number of likely N-dealkylation sites (tertiary alicyclic amines) is 1. The van der Waals surface area contributed by atoms with Gasteiger partial charge in [0.25, 0.3) is 0 Å². The molecule has 0 radical (unpaired) electrons. The fraction of sp³-hybridized carbons (Fsp3) is 0.667. The molecule has 1 saturated heterocycles. The Labute approximate surface area is 127 Å². The number of rotatable bonds is 3. The first-order valence-corrected chi connectivity index (χ1v) is 8.38. The summed E-state index contributed by atoms with van der Waals surface area (Å²) in [5.41, 5.74) is 1.27. The zero-order valence-electron chi connectivity index (χ0n) is 13.0. The number of aliphatic hydroxyl groups excluding tert-OH is 1. The number of ether oxygens (including phenoxy) is 1. The Morgan fingerprint density at radius 1 is 1.00 bits per heavy atom. The van der Waals surface area contributed by atoms with Gasteiger partial charge in [-0.2, -0.15) is 0 Å². The molecule has 1 aromatic rings. The molecule has 0 bridgehead atoms. The van der Waals surface area contributed by atoms with Gasteiger partial charge in [-0.3, -0.25) is 4.90 Å². The highest BCUT2D eigenvalue weighted by Gasteiger charge is 2.31. The average Bonchev–Trinajstić information content (AvgIpc) is 2.51. The lowest BCUT2D eigenvalue weighted by molar-refractivity contribution is -0.00692. The molecule has 1 saturated carbocycles. The Morgan fingerprint density at radius 3 is 2.33 bits per heavy atom. The second kappa shape index (κ2) is 6.80. The second-order valence-electron chi connectivity index (χ2n) is 6.59. The lowest BCUT2D eigenvalue weighted by Crippen LogP contribution is -2.50. The molecule has 116 valence electrons. The Hall–Kier alpha value is -1.06. The molecule has 3 nitrogen and oxygen atoms in total. The van der Waals surface area contributed by atoms with E-state index >= 15 is 0 Å². The highest BCUT2D eigenvalue weighted by molar-refractivity contribution is 5.26. The van der Waals surface area contributed by atoms with Crippen molar-refractivity contribution in [3.63, 3.8) is 0 Å². The molecule has 2 unspecified atom stereocenters. The minimum absolute atomic E-state index is 0.117. The van der Waals surface area contributed by atoms with Crippen LogP contribution in [-0.2, 0) is 0 Å². The van der Waals surface area contributed by atoms with E-state index in [0.717, 1.165) is 44.5 Å². The predicted molar refractivity (Wildman–Crippen MR) is 84.7 cm³/mol. The molecule has 21 heavy (non-hydrogen) atoms. The molecular weight excluding hydrogens is 262 g/mol. The molecule has 2 aliphatic rings. The fourth-order valence-corrected chi connectivity index (χ4v) is 3.65. The third-order valence-electron chi connectivity index (χ3n) is 4.96. The average molecular weight is 289 g/mol. The van der Waals surface area contributed by atoms with E-state index in [9.17, 15) is 5.11 Å². The van der Waals surface area contributed by atoms with Gasteiger partial charge in [-0.15, -0.1) is 0 Å². The summed E-state index contributed by atoms with van der Waals surface area (Å²) in [6.07, 6.45) is 6.92. The summed E-state index contributed by atoms with van der Waals surface area (Å²) >= 11 is 0. The lowest BCUT2D eigenvalue weighted by atomic mass is 9.90. The Balaban J connectivity index is 1.49. The largest absolute Gasteiger partial charge is 0.490 e. The molecule has 0 amide bonds. The third-order valence-corrected chi connectivity index (χ3v) is 4.96. The van der Waals surface area contributed by atoms with Crippen LogP contribution < -0.4 is 4.74 Å². The van der Waals surface area contributed by atoms with Crippen molar-refractivity contribution in [1.29, 1.82) is 0 Å². The van der Waals surface area contributed by atoms with E-state index in [2.05, 4.69) is 36.1 Å². The zero-order chi connectivity index (χ0) is 14.7. The van der Waals surface area contributed by atoms with Crippen LogP contribution in [0.5, 0.6) is 5.75 Å². The normalized spacial score (nSPS) is 28.5. The predicted octanol–water partition coefficient (Wildman–Crippen LogP) is 3.14. The molecular formula is C18H27NO2. The van der Waals surface area contributed by atoms with Gasteiger partial charge in [0.05, 0.1) is 6.10 Å². The van der Waals surface area contributed by atoms with Crippen LogP contribution in [0.3, 0.4) is 0 Å². The first-order valence-electron chi connectivity index (χ1n) is 8.38. The number of benzene rings is 1. The van der Waals surface area contributed by atoms with Crippen molar-refractivity contribution in [2.24, 2.45) is 0 Å². The van der Waals surface area contributed by atoms with Crippen molar-refractivity contribution in [2.75, 3.05) is 13.1 Å². The summed E-state index contributed by atoms with van der Waals surface area (Å²) in [5.74, 6) is 0.983. The summed E-state index contributed by atoms with van der Waals surface area (Å²) in [4.78, 5) is 2.48. The molecule has 0 aromatic heterocycles. The SMILES string of the molecule is Cc1ccc(OC2CCN(C3CCCCC3O)CC2)cc1. The Bertz CT molecular complexity index is 437. The number of piperidine rings is 1. The van der Waals surface area contributed by atoms with Gasteiger partial charge in [0.1, 0.15) is 11.9 Å². The van der Waals surface area contributed by atoms with Crippen molar-refractivity contribution in [3.8, 4) is 5.75 Å². The van der Waals surface area contributed by atoms with Gasteiger partial charge in [0.15, 0.2) is 0 Å². The van der Waals surface area contributed by atoms with E-state index in [1.807, 2.05) is 0 Å². The maximum absolute atomic E-state index is 10.2. The minimum Gasteiger partial charge on any atom is -0.490 e. The molecule has 1 aliphatic heterocycles. The van der Waals surface area contributed by atoms with E-state index in [0.29, 0.717) is 12.1 Å². The third kappa shape index (κ3) is 3.78. The van der Waals surface area contributed by atoms with Crippen LogP contribution in [0.2, 0.25) is 0 Å². The molecule has 2 atom stereocenters. The molecule has 2 fully saturated rings. The topological polar surface area (TPSA) is 32.7 Å². The van der Waals surface area contributed by atoms with Crippen molar-refractivity contribution in [1.82, 2.24) is 4.90 Å². The molecule has 3 heteroatoms. The standard InChI is InChI=1S/C18H27NO2/c1-14-6-8-15(9-7-14)21-16-10-12-19(13-11-16)17-4-2-3-5-18(17)20/h6-9,16-18,20H,2-5,10-13H2,1H3. The van der Waals surface area contributed by atoms with Crippen LogP contribution in [0, 0.1) is 6.92 Å². The van der Waals surface area contributed by atoms with Crippen molar-refractivity contribution in [3.05, 3.63) is 29.8 Å². The molecule has 1 N–H and O–H groups in total. The van der Waals surface area contributed by atoms with E-state index in [-0.39, 0.29) is 6.10 Å². The summed E-state index contributed by atoms with van der Waals surface area (Å²) < 4.78 is 6.08. The second-order valence-corrected chi connectivity index (χ2v) is 6.59. The van der Waals surface area contributed by atoms with Crippen LogP contribution in [0.1, 0.15) is 44.1 Å². The number of aliphatic hydroxyl groups is 1. The highest BCUT2D eigenvalue weighted by atomic mass is 16.5. The number of aryl methyl sites for hydroxylation is 1. The van der Waals surface area contributed by atoms with Gasteiger partial charge in [-0.25, -0.2) is 0 Å². The van der Waals surface area contributed by atoms with Gasteiger partial charge < -0.3 is 9.84 Å². The van der Waals surface area contributed by atoms with Crippen molar-refractivity contribution < 1.29 is 9.84 Å². The van der Waals surface area contributed by atoms with Gasteiger partial charge in [0, 0.05) is 19.1 Å². The van der Waals surface area contributed by atoms with Crippen LogP contribution in [0.15, 0.2) is 24.3 Å². The molecule has 1 aliphatic carbocycles. The number of hydrogen-bond acceptors (Lipinski definition) is 3. The molecule has 1 aromatic carbocycles. The fourth-order valence-electron chi connectivity index (χ4n) is 3.65. The summed E-state index contributed by atoms with van der Waals surface area (Å²) in [7, 11) is 0. The van der Waals surface area contributed by atoms with Gasteiger partial charge in [0.2, 0.25) is 0 Å². The van der Waals surface area contributed by atoms with Gasteiger partial charge in [-0.05, 0) is 44.7 Å². The van der Waals surface area contributed by atoms with Crippen molar-refractivity contribution >= 4 is 0 Å². The number of hydrogen-bond donors (Lipinski definition) is 1. The molecule has 3 rings (SSSR count). The van der Waals surface area contributed by atoms with E-state index in [4.69, 9.17) is 4.74 Å². The van der Waals surface area contributed by atoms with Crippen molar-refractivity contribution in [2.45, 2.75) is 63.7 Å². The molecule has 1 heterocycles. The van der Waals surface area contributed by atoms with E-state index < -0.39 is 0 Å². The van der Waals surface area contributed by atoms with Crippen LogP contribution in [0.25, 0.3) is 0 Å². The Kier molecular flexibility index (Phi) is 4.81. The molecule has 0 spiro atoms. The van der Waals surface area contributed by atoms with Gasteiger partial charge >= 0.3 is 0 Å². The van der Waals surface area contributed by atoms with Gasteiger partial charge in [-0.1, -0.05) is 30.5 Å². The maximum Gasteiger partial charge on any atom is 0.119 e. The summed E-state index contributed by atoms with van der Waals surface area (Å²) in [6.45, 7) is 4.20. The monoisotopic (exact) mass is 289 g/mol. The first-order chi connectivity index (χ1) is 10.2. The smallest absolute Gasteiger partial charge is 0.119 e. The maximum atomic E-state index is 10.2. The van der Waals surface area contributed by atoms with E-state index in [1.54, 1.807) is 0 Å². The first kappa shape index (κ1) is 14.9. The van der Waals surface area contributed by atoms with Crippen LogP contribution >= 0.6 is 0 Å².